The van der Waals surface area contributed by atoms with Crippen molar-refractivity contribution in [3.63, 3.8) is 0 Å². The zero-order valence-electron chi connectivity index (χ0n) is 14.3. The van der Waals surface area contributed by atoms with Gasteiger partial charge in [0.15, 0.2) is 0 Å². The molecule has 0 bridgehead atoms. The maximum Gasteiger partial charge on any atom is 0.319 e. The highest BCUT2D eigenvalue weighted by atomic mass is 16.5. The van der Waals surface area contributed by atoms with E-state index in [1.165, 1.54) is 0 Å². The lowest BCUT2D eigenvalue weighted by molar-refractivity contribution is 0.0786. The number of ether oxygens (including phenoxy) is 1. The molecular weight excluding hydrogens is 304 g/mol. The first-order chi connectivity index (χ1) is 11.4. The highest BCUT2D eigenvalue weighted by molar-refractivity contribution is 5.90. The molecular formula is C19H24N2O3. The summed E-state index contributed by atoms with van der Waals surface area (Å²) in [7, 11) is 0. The molecule has 2 rings (SSSR count). The molecule has 0 spiro atoms. The number of amides is 2. The number of hydrogen-bond donors (Lipinski definition) is 3. The molecule has 0 heterocycles. The summed E-state index contributed by atoms with van der Waals surface area (Å²) in [6.07, 6.45) is 0. The summed E-state index contributed by atoms with van der Waals surface area (Å²) < 4.78 is 5.48. The lowest BCUT2D eigenvalue weighted by Crippen LogP contribution is -2.28. The summed E-state index contributed by atoms with van der Waals surface area (Å²) in [5.74, 6) is 0.643. The van der Waals surface area contributed by atoms with Crippen molar-refractivity contribution in [2.45, 2.75) is 32.9 Å². The smallest absolute Gasteiger partial charge is 0.319 e. The Labute approximate surface area is 142 Å². The van der Waals surface area contributed by atoms with Crippen LogP contribution in [0.25, 0.3) is 0 Å². The average Bonchev–Trinajstić information content (AvgIpc) is 2.55. The molecule has 0 unspecified atom stereocenters. The number of benzene rings is 2. The monoisotopic (exact) mass is 328 g/mol. The molecule has 0 aliphatic carbocycles. The topological polar surface area (TPSA) is 70.6 Å². The Morgan fingerprint density at radius 3 is 2.42 bits per heavy atom. The van der Waals surface area contributed by atoms with Crippen molar-refractivity contribution in [1.82, 2.24) is 5.32 Å². The van der Waals surface area contributed by atoms with Gasteiger partial charge in [-0.15, -0.1) is 0 Å². The quantitative estimate of drug-likeness (QED) is 0.758. The first-order valence-corrected chi connectivity index (χ1v) is 7.98. The minimum absolute atomic E-state index is 0.297. The SMILES string of the molecule is CCOc1ccccc1NC(=O)NCc1ccc(C(C)(C)O)cc1. The van der Waals surface area contributed by atoms with Gasteiger partial charge in [-0.2, -0.15) is 0 Å². The number of nitrogens with one attached hydrogen (secondary N) is 2. The number of carbonyl (C=O) groups excluding carboxylic acids is 1. The molecule has 2 amide bonds. The van der Waals surface area contributed by atoms with Crippen molar-refractivity contribution in [2.75, 3.05) is 11.9 Å². The third-order valence-electron chi connectivity index (χ3n) is 3.55. The molecule has 0 fully saturated rings. The zero-order chi connectivity index (χ0) is 17.6. The van der Waals surface area contributed by atoms with Crippen LogP contribution >= 0.6 is 0 Å². The van der Waals surface area contributed by atoms with Gasteiger partial charge in [-0.25, -0.2) is 4.79 Å². The maximum atomic E-state index is 12.1. The fourth-order valence-corrected chi connectivity index (χ4v) is 2.23. The highest BCUT2D eigenvalue weighted by Crippen LogP contribution is 2.23. The predicted molar refractivity (Wildman–Crippen MR) is 95.2 cm³/mol. The molecule has 5 nitrogen and oxygen atoms in total. The van der Waals surface area contributed by atoms with Crippen LogP contribution in [0.2, 0.25) is 0 Å². The van der Waals surface area contributed by atoms with Gasteiger partial charge in [0.1, 0.15) is 5.75 Å². The second-order valence-corrected chi connectivity index (χ2v) is 5.99. The van der Waals surface area contributed by atoms with Gasteiger partial charge >= 0.3 is 6.03 Å². The number of aliphatic hydroxyl groups is 1. The van der Waals surface area contributed by atoms with Crippen molar-refractivity contribution in [1.29, 1.82) is 0 Å². The van der Waals surface area contributed by atoms with Gasteiger partial charge in [0.05, 0.1) is 17.9 Å². The van der Waals surface area contributed by atoms with Crippen molar-refractivity contribution >= 4 is 11.7 Å². The number of hydrogen-bond acceptors (Lipinski definition) is 3. The first-order valence-electron chi connectivity index (χ1n) is 7.98. The normalized spacial score (nSPS) is 11.0. The van der Waals surface area contributed by atoms with E-state index in [1.54, 1.807) is 19.9 Å². The number of para-hydroxylation sites is 2. The molecule has 5 heteroatoms. The van der Waals surface area contributed by atoms with E-state index in [9.17, 15) is 9.90 Å². The van der Waals surface area contributed by atoms with Crippen LogP contribution in [0.4, 0.5) is 10.5 Å². The highest BCUT2D eigenvalue weighted by Gasteiger charge is 2.15. The molecule has 0 radical (unpaired) electrons. The molecule has 3 N–H and O–H groups in total. The standard InChI is InChI=1S/C19H24N2O3/c1-4-24-17-8-6-5-7-16(17)21-18(22)20-13-14-9-11-15(12-10-14)19(2,3)23/h5-12,23H,4,13H2,1-3H3,(H2,20,21,22). The van der Waals surface area contributed by atoms with E-state index in [1.807, 2.05) is 49.4 Å². The van der Waals surface area contributed by atoms with Crippen LogP contribution in [0.3, 0.4) is 0 Å². The largest absolute Gasteiger partial charge is 0.492 e. The number of urea groups is 1. The van der Waals surface area contributed by atoms with E-state index in [4.69, 9.17) is 4.74 Å². The van der Waals surface area contributed by atoms with E-state index in [0.717, 1.165) is 11.1 Å². The first kappa shape index (κ1) is 17.8. The Morgan fingerprint density at radius 1 is 1.12 bits per heavy atom. The van der Waals surface area contributed by atoms with Gasteiger partial charge in [0, 0.05) is 6.54 Å². The molecule has 128 valence electrons. The molecule has 0 saturated carbocycles. The minimum Gasteiger partial charge on any atom is -0.492 e. The van der Waals surface area contributed by atoms with Gasteiger partial charge in [0.25, 0.3) is 0 Å². The fourth-order valence-electron chi connectivity index (χ4n) is 2.23. The molecule has 24 heavy (non-hydrogen) atoms. The van der Waals surface area contributed by atoms with Gasteiger partial charge in [-0.05, 0) is 44.0 Å². The second-order valence-electron chi connectivity index (χ2n) is 5.99. The average molecular weight is 328 g/mol. The Morgan fingerprint density at radius 2 is 1.79 bits per heavy atom. The lowest BCUT2D eigenvalue weighted by Gasteiger charge is -2.18. The molecule has 2 aromatic rings. The van der Waals surface area contributed by atoms with Gasteiger partial charge < -0.3 is 20.5 Å². The van der Waals surface area contributed by atoms with Gasteiger partial charge in [0.2, 0.25) is 0 Å². The third-order valence-corrected chi connectivity index (χ3v) is 3.55. The second kappa shape index (κ2) is 7.84. The summed E-state index contributed by atoms with van der Waals surface area (Å²) in [6.45, 7) is 6.31. The van der Waals surface area contributed by atoms with E-state index in [2.05, 4.69) is 10.6 Å². The van der Waals surface area contributed by atoms with Crippen molar-refractivity contribution in [2.24, 2.45) is 0 Å². The third kappa shape index (κ3) is 4.99. The minimum atomic E-state index is -0.869. The zero-order valence-corrected chi connectivity index (χ0v) is 14.3. The van der Waals surface area contributed by atoms with E-state index in [-0.39, 0.29) is 6.03 Å². The Hall–Kier alpha value is -2.53. The van der Waals surface area contributed by atoms with Crippen LogP contribution < -0.4 is 15.4 Å². The number of rotatable bonds is 6. The lowest BCUT2D eigenvalue weighted by atomic mass is 9.97. The van der Waals surface area contributed by atoms with Gasteiger partial charge in [-0.1, -0.05) is 36.4 Å². The van der Waals surface area contributed by atoms with E-state index in [0.29, 0.717) is 24.6 Å². The summed E-state index contributed by atoms with van der Waals surface area (Å²) in [5.41, 5.74) is 1.55. The number of carbonyl (C=O) groups is 1. The summed E-state index contributed by atoms with van der Waals surface area (Å²) >= 11 is 0. The molecule has 0 aromatic heterocycles. The Kier molecular flexibility index (Phi) is 5.82. The number of anilines is 1. The molecule has 0 aliphatic rings. The molecule has 0 atom stereocenters. The van der Waals surface area contributed by atoms with Crippen LogP contribution in [0.15, 0.2) is 48.5 Å². The predicted octanol–water partition coefficient (Wildman–Crippen LogP) is 3.63. The molecule has 0 saturated heterocycles. The van der Waals surface area contributed by atoms with Crippen LogP contribution in [0.1, 0.15) is 31.9 Å². The summed E-state index contributed by atoms with van der Waals surface area (Å²) in [5, 5.41) is 15.5. The summed E-state index contributed by atoms with van der Waals surface area (Å²) in [4.78, 5) is 12.1. The van der Waals surface area contributed by atoms with Crippen molar-refractivity contribution in [3.05, 3.63) is 59.7 Å². The van der Waals surface area contributed by atoms with Crippen molar-refractivity contribution < 1.29 is 14.6 Å². The van der Waals surface area contributed by atoms with E-state index >= 15 is 0 Å². The summed E-state index contributed by atoms with van der Waals surface area (Å²) in [6, 6.07) is 14.5. The van der Waals surface area contributed by atoms with Crippen LogP contribution in [0, 0.1) is 0 Å². The Balaban J connectivity index is 1.92. The van der Waals surface area contributed by atoms with E-state index < -0.39 is 5.60 Å². The van der Waals surface area contributed by atoms with Crippen LogP contribution in [-0.2, 0) is 12.1 Å². The molecule has 2 aromatic carbocycles. The maximum absolute atomic E-state index is 12.1. The fraction of sp³-hybridized carbons (Fsp3) is 0.316. The van der Waals surface area contributed by atoms with Crippen LogP contribution in [0.5, 0.6) is 5.75 Å². The molecule has 0 aliphatic heterocycles. The Bertz CT molecular complexity index is 676. The van der Waals surface area contributed by atoms with Crippen molar-refractivity contribution in [3.8, 4) is 5.75 Å². The van der Waals surface area contributed by atoms with Gasteiger partial charge in [-0.3, -0.25) is 0 Å². The van der Waals surface area contributed by atoms with Crippen LogP contribution in [-0.4, -0.2) is 17.7 Å².